The van der Waals surface area contributed by atoms with Gasteiger partial charge in [0.05, 0.1) is 6.61 Å². The van der Waals surface area contributed by atoms with E-state index in [1.54, 1.807) is 18.2 Å². The number of phenolic OH excluding ortho intramolecular Hbond substituents is 1. The summed E-state index contributed by atoms with van der Waals surface area (Å²) < 4.78 is 5.26. The second kappa shape index (κ2) is 4.07. The molecule has 0 bridgehead atoms. The van der Waals surface area contributed by atoms with Crippen LogP contribution in [0.5, 0.6) is 11.6 Å². The summed E-state index contributed by atoms with van der Waals surface area (Å²) in [5.41, 5.74) is 0.357. The van der Waals surface area contributed by atoms with Crippen LogP contribution in [-0.4, -0.2) is 16.7 Å². The molecule has 2 aromatic rings. The molecule has 4 heteroatoms. The summed E-state index contributed by atoms with van der Waals surface area (Å²) in [6, 6.07) is 7.06. The van der Waals surface area contributed by atoms with Crippen LogP contribution in [0, 0.1) is 11.3 Å². The molecule has 1 aromatic carbocycles. The van der Waals surface area contributed by atoms with Gasteiger partial charge in [-0.2, -0.15) is 5.26 Å². The molecule has 80 valence electrons. The molecule has 1 heterocycles. The van der Waals surface area contributed by atoms with Crippen LogP contribution < -0.4 is 4.74 Å². The van der Waals surface area contributed by atoms with Gasteiger partial charge in [-0.25, -0.2) is 4.98 Å². The molecule has 1 N–H and O–H groups in total. The van der Waals surface area contributed by atoms with Crippen molar-refractivity contribution in [1.29, 1.82) is 5.26 Å². The fraction of sp³-hybridized carbons (Fsp3) is 0.167. The highest BCUT2D eigenvalue weighted by atomic mass is 16.5. The number of ether oxygens (including phenoxy) is 1. The number of hydrogen-bond donors (Lipinski definition) is 1. The lowest BCUT2D eigenvalue weighted by Gasteiger charge is -2.07. The minimum Gasteiger partial charge on any atom is -0.507 e. The summed E-state index contributed by atoms with van der Waals surface area (Å²) in [6.07, 6.45) is 1.51. The van der Waals surface area contributed by atoms with Crippen molar-refractivity contribution < 1.29 is 9.84 Å². The number of rotatable bonds is 2. The Hall–Kier alpha value is -2.28. The van der Waals surface area contributed by atoms with Crippen LogP contribution in [-0.2, 0) is 0 Å². The van der Waals surface area contributed by atoms with Crippen LogP contribution in [0.1, 0.15) is 12.5 Å². The summed E-state index contributed by atoms with van der Waals surface area (Å²) in [6.45, 7) is 2.28. The highest BCUT2D eigenvalue weighted by molar-refractivity contribution is 5.92. The van der Waals surface area contributed by atoms with Gasteiger partial charge in [0.25, 0.3) is 0 Å². The van der Waals surface area contributed by atoms with E-state index < -0.39 is 0 Å². The summed E-state index contributed by atoms with van der Waals surface area (Å²) in [5.74, 6) is 0.424. The Balaban J connectivity index is 2.77. The number of benzene rings is 1. The average Bonchev–Trinajstić information content (AvgIpc) is 2.29. The van der Waals surface area contributed by atoms with Crippen LogP contribution in [0.2, 0.25) is 0 Å². The van der Waals surface area contributed by atoms with Crippen LogP contribution in [0.15, 0.2) is 24.4 Å². The summed E-state index contributed by atoms with van der Waals surface area (Å²) in [4.78, 5) is 4.02. The molecule has 0 fully saturated rings. The highest BCUT2D eigenvalue weighted by Crippen LogP contribution is 2.30. The number of hydrogen-bond acceptors (Lipinski definition) is 4. The predicted octanol–water partition coefficient (Wildman–Crippen LogP) is 2.21. The Morgan fingerprint density at radius 2 is 2.25 bits per heavy atom. The van der Waals surface area contributed by atoms with Crippen molar-refractivity contribution in [2.24, 2.45) is 0 Å². The fourth-order valence-corrected chi connectivity index (χ4v) is 1.56. The minimum absolute atomic E-state index is 0.115. The van der Waals surface area contributed by atoms with Gasteiger partial charge in [-0.1, -0.05) is 12.1 Å². The van der Waals surface area contributed by atoms with Gasteiger partial charge in [-0.05, 0) is 13.0 Å². The van der Waals surface area contributed by atoms with Crippen LogP contribution >= 0.6 is 0 Å². The summed E-state index contributed by atoms with van der Waals surface area (Å²) in [7, 11) is 0. The van der Waals surface area contributed by atoms with E-state index in [-0.39, 0.29) is 5.75 Å². The van der Waals surface area contributed by atoms with E-state index in [1.165, 1.54) is 6.20 Å². The Bertz CT molecular complexity index is 573. The average molecular weight is 214 g/mol. The fourth-order valence-electron chi connectivity index (χ4n) is 1.56. The van der Waals surface area contributed by atoms with E-state index in [2.05, 4.69) is 11.1 Å². The molecule has 16 heavy (non-hydrogen) atoms. The van der Waals surface area contributed by atoms with Gasteiger partial charge < -0.3 is 9.84 Å². The maximum Gasteiger partial charge on any atom is 0.232 e. The maximum atomic E-state index is 9.62. The highest BCUT2D eigenvalue weighted by Gasteiger charge is 2.11. The lowest BCUT2D eigenvalue weighted by atomic mass is 10.1. The first-order chi connectivity index (χ1) is 7.77. The Kier molecular flexibility index (Phi) is 2.61. The first-order valence-corrected chi connectivity index (χ1v) is 4.91. The normalized spacial score (nSPS) is 10.0. The molecule has 4 nitrogen and oxygen atoms in total. The van der Waals surface area contributed by atoms with Gasteiger partial charge in [0.2, 0.25) is 5.88 Å². The Morgan fingerprint density at radius 3 is 2.94 bits per heavy atom. The van der Waals surface area contributed by atoms with E-state index in [0.717, 1.165) is 0 Å². The molecule has 0 saturated heterocycles. The number of phenols is 1. The van der Waals surface area contributed by atoms with Crippen molar-refractivity contribution in [2.45, 2.75) is 6.92 Å². The first-order valence-electron chi connectivity index (χ1n) is 4.91. The lowest BCUT2D eigenvalue weighted by Crippen LogP contribution is -1.97. The van der Waals surface area contributed by atoms with Crippen molar-refractivity contribution in [3.05, 3.63) is 30.0 Å². The third kappa shape index (κ3) is 1.52. The molecular formula is C12H10N2O2. The lowest BCUT2D eigenvalue weighted by molar-refractivity contribution is 0.326. The standard InChI is InChI=1S/C12H10N2O2/c1-2-16-12-9(6-13)8-4-3-5-11(15)10(8)7-14-12/h3-5,7,15H,2H2,1H3. The maximum absolute atomic E-state index is 9.62. The number of pyridine rings is 1. The minimum atomic E-state index is 0.115. The molecule has 0 spiro atoms. The number of nitriles is 1. The SMILES string of the molecule is CCOc1ncc2c(O)cccc2c1C#N. The molecule has 0 atom stereocenters. The van der Waals surface area contributed by atoms with E-state index in [1.807, 2.05) is 6.92 Å². The molecule has 0 aliphatic carbocycles. The number of aromatic nitrogens is 1. The topological polar surface area (TPSA) is 66.1 Å². The molecule has 0 saturated carbocycles. The summed E-state index contributed by atoms with van der Waals surface area (Å²) >= 11 is 0. The quantitative estimate of drug-likeness (QED) is 0.832. The third-order valence-electron chi connectivity index (χ3n) is 2.27. The molecular weight excluding hydrogens is 204 g/mol. The van der Waals surface area contributed by atoms with Crippen molar-refractivity contribution in [1.82, 2.24) is 4.98 Å². The van der Waals surface area contributed by atoms with Crippen LogP contribution in [0.4, 0.5) is 0 Å². The summed E-state index contributed by atoms with van der Waals surface area (Å²) in [5, 5.41) is 19.9. The van der Waals surface area contributed by atoms with Gasteiger partial charge in [-0.15, -0.1) is 0 Å². The molecule has 2 rings (SSSR count). The third-order valence-corrected chi connectivity index (χ3v) is 2.27. The monoisotopic (exact) mass is 214 g/mol. The molecule has 0 aliphatic rings. The second-order valence-corrected chi connectivity index (χ2v) is 3.22. The smallest absolute Gasteiger partial charge is 0.232 e. The van der Waals surface area contributed by atoms with Crippen molar-refractivity contribution in [3.8, 4) is 17.7 Å². The van der Waals surface area contributed by atoms with E-state index >= 15 is 0 Å². The van der Waals surface area contributed by atoms with E-state index in [9.17, 15) is 5.11 Å². The van der Waals surface area contributed by atoms with Crippen molar-refractivity contribution >= 4 is 10.8 Å². The van der Waals surface area contributed by atoms with Gasteiger partial charge in [-0.3, -0.25) is 0 Å². The number of nitrogens with zero attached hydrogens (tertiary/aromatic N) is 2. The zero-order valence-electron chi connectivity index (χ0n) is 8.77. The van der Waals surface area contributed by atoms with Crippen LogP contribution in [0.25, 0.3) is 10.8 Å². The largest absolute Gasteiger partial charge is 0.507 e. The second-order valence-electron chi connectivity index (χ2n) is 3.22. The van der Waals surface area contributed by atoms with E-state index in [0.29, 0.717) is 28.8 Å². The molecule has 0 unspecified atom stereocenters. The van der Waals surface area contributed by atoms with Gasteiger partial charge >= 0.3 is 0 Å². The Morgan fingerprint density at radius 1 is 1.44 bits per heavy atom. The van der Waals surface area contributed by atoms with Gasteiger partial charge in [0.15, 0.2) is 0 Å². The molecule has 1 aromatic heterocycles. The zero-order valence-corrected chi connectivity index (χ0v) is 8.77. The van der Waals surface area contributed by atoms with Crippen molar-refractivity contribution in [3.63, 3.8) is 0 Å². The van der Waals surface area contributed by atoms with Crippen molar-refractivity contribution in [2.75, 3.05) is 6.61 Å². The van der Waals surface area contributed by atoms with Gasteiger partial charge in [0.1, 0.15) is 17.4 Å². The zero-order chi connectivity index (χ0) is 11.5. The Labute approximate surface area is 92.7 Å². The first kappa shape index (κ1) is 10.2. The number of aromatic hydroxyl groups is 1. The number of fused-ring (bicyclic) bond motifs is 1. The van der Waals surface area contributed by atoms with Crippen LogP contribution in [0.3, 0.4) is 0 Å². The predicted molar refractivity (Wildman–Crippen MR) is 59.3 cm³/mol. The van der Waals surface area contributed by atoms with Gasteiger partial charge in [0, 0.05) is 17.0 Å². The molecule has 0 aliphatic heterocycles. The van der Waals surface area contributed by atoms with E-state index in [4.69, 9.17) is 10.00 Å². The molecule has 0 radical (unpaired) electrons. The molecule has 0 amide bonds.